The number of hydrogen-bond donors (Lipinski definition) is 1. The normalized spacial score (nSPS) is 21.2. The number of nitrogens with one attached hydrogen (secondary N) is 1. The summed E-state index contributed by atoms with van der Waals surface area (Å²) in [6.07, 6.45) is 2.41. The lowest BCUT2D eigenvalue weighted by Gasteiger charge is -2.33. The Hall–Kier alpha value is -0.870. The number of rotatable bonds is 2. The monoisotopic (exact) mass is 240 g/mol. The van der Waals surface area contributed by atoms with Gasteiger partial charge in [0, 0.05) is 30.9 Å². The second-order valence-corrected chi connectivity index (χ2v) is 4.55. The van der Waals surface area contributed by atoms with E-state index in [2.05, 4.69) is 20.2 Å². The molecule has 88 valence electrons. The van der Waals surface area contributed by atoms with Crippen molar-refractivity contribution in [1.82, 2.24) is 15.3 Å². The molecule has 0 bridgehead atoms. The van der Waals surface area contributed by atoms with Crippen LogP contribution in [0.1, 0.15) is 18.5 Å². The zero-order chi connectivity index (χ0) is 11.5. The summed E-state index contributed by atoms with van der Waals surface area (Å²) >= 11 is 5.88. The first-order chi connectivity index (χ1) is 7.69. The Balaban J connectivity index is 2.16. The van der Waals surface area contributed by atoms with Crippen LogP contribution in [0, 0.1) is 6.92 Å². The summed E-state index contributed by atoms with van der Waals surface area (Å²) in [5.41, 5.74) is 0.918. The average Bonchev–Trinajstić information content (AvgIpc) is 2.28. The van der Waals surface area contributed by atoms with Gasteiger partial charge in [-0.3, -0.25) is 0 Å². The van der Waals surface area contributed by atoms with Crippen LogP contribution in [0.3, 0.4) is 0 Å². The van der Waals surface area contributed by atoms with Gasteiger partial charge in [-0.1, -0.05) is 0 Å². The molecule has 0 radical (unpaired) electrons. The van der Waals surface area contributed by atoms with Gasteiger partial charge in [-0.25, -0.2) is 9.97 Å². The molecule has 1 atom stereocenters. The molecule has 1 aliphatic heterocycles. The highest BCUT2D eigenvalue weighted by Gasteiger charge is 2.19. The fourth-order valence-corrected chi connectivity index (χ4v) is 2.32. The van der Waals surface area contributed by atoms with Crippen molar-refractivity contribution in [2.75, 3.05) is 25.0 Å². The zero-order valence-corrected chi connectivity index (χ0v) is 10.5. The summed E-state index contributed by atoms with van der Waals surface area (Å²) in [4.78, 5) is 10.6. The fourth-order valence-electron chi connectivity index (χ4n) is 2.10. The highest BCUT2D eigenvalue weighted by atomic mass is 35.5. The standard InChI is InChI=1S/C11H17ClN4/c1-8-6-10(15-11(12)14-8)16-5-3-4-9(7-16)13-2/h6,9,13H,3-5,7H2,1-2H3/t9-/m0/s1. The van der Waals surface area contributed by atoms with Crippen LogP contribution in [-0.4, -0.2) is 36.1 Å². The number of likely N-dealkylation sites (N-methyl/N-ethyl adjacent to an activating group) is 1. The van der Waals surface area contributed by atoms with Crippen molar-refractivity contribution in [3.63, 3.8) is 0 Å². The molecule has 0 amide bonds. The largest absolute Gasteiger partial charge is 0.355 e. The molecule has 0 unspecified atom stereocenters. The number of hydrogen-bond acceptors (Lipinski definition) is 4. The first kappa shape index (κ1) is 11.6. The summed E-state index contributed by atoms with van der Waals surface area (Å²) in [7, 11) is 2.01. The molecule has 5 heteroatoms. The summed E-state index contributed by atoms with van der Waals surface area (Å²) in [5.74, 6) is 0.942. The maximum absolute atomic E-state index is 5.88. The van der Waals surface area contributed by atoms with Gasteiger partial charge in [0.05, 0.1) is 0 Å². The van der Waals surface area contributed by atoms with E-state index in [1.165, 1.54) is 12.8 Å². The van der Waals surface area contributed by atoms with Gasteiger partial charge in [-0.05, 0) is 38.4 Å². The lowest BCUT2D eigenvalue weighted by atomic mass is 10.1. The Morgan fingerprint density at radius 1 is 1.50 bits per heavy atom. The summed E-state index contributed by atoms with van der Waals surface area (Å²) in [5, 5.41) is 3.65. The van der Waals surface area contributed by atoms with Gasteiger partial charge in [-0.15, -0.1) is 0 Å². The Kier molecular flexibility index (Phi) is 3.61. The molecule has 1 aliphatic rings. The van der Waals surface area contributed by atoms with Gasteiger partial charge in [-0.2, -0.15) is 0 Å². The van der Waals surface area contributed by atoms with E-state index in [1.54, 1.807) is 0 Å². The van der Waals surface area contributed by atoms with Gasteiger partial charge in [0.25, 0.3) is 0 Å². The van der Waals surface area contributed by atoms with Crippen molar-refractivity contribution in [3.05, 3.63) is 17.0 Å². The molecule has 4 nitrogen and oxygen atoms in total. The van der Waals surface area contributed by atoms with E-state index in [-0.39, 0.29) is 0 Å². The van der Waals surface area contributed by atoms with Crippen LogP contribution in [0.2, 0.25) is 5.28 Å². The number of nitrogens with zero attached hydrogens (tertiary/aromatic N) is 3. The molecule has 0 aromatic carbocycles. The topological polar surface area (TPSA) is 41.0 Å². The Bertz CT molecular complexity index is 349. The van der Waals surface area contributed by atoms with Crippen LogP contribution in [0.15, 0.2) is 6.07 Å². The van der Waals surface area contributed by atoms with E-state index < -0.39 is 0 Å². The molecular weight excluding hydrogens is 224 g/mol. The van der Waals surface area contributed by atoms with Crippen LogP contribution in [0.4, 0.5) is 5.82 Å². The zero-order valence-electron chi connectivity index (χ0n) is 9.70. The maximum atomic E-state index is 5.88. The molecule has 16 heavy (non-hydrogen) atoms. The van der Waals surface area contributed by atoms with E-state index in [1.807, 2.05) is 20.0 Å². The maximum Gasteiger partial charge on any atom is 0.224 e. The predicted octanol–water partition coefficient (Wildman–Crippen LogP) is 1.63. The van der Waals surface area contributed by atoms with Gasteiger partial charge in [0.15, 0.2) is 0 Å². The molecule has 0 aliphatic carbocycles. The highest BCUT2D eigenvalue weighted by Crippen LogP contribution is 2.19. The van der Waals surface area contributed by atoms with Gasteiger partial charge in [0.2, 0.25) is 5.28 Å². The third-order valence-corrected chi connectivity index (χ3v) is 3.14. The first-order valence-corrected chi connectivity index (χ1v) is 6.00. The third kappa shape index (κ3) is 2.62. The Morgan fingerprint density at radius 3 is 3.00 bits per heavy atom. The van der Waals surface area contributed by atoms with E-state index >= 15 is 0 Å². The van der Waals surface area contributed by atoms with Crippen LogP contribution in [-0.2, 0) is 0 Å². The molecule has 2 rings (SSSR count). The fraction of sp³-hybridized carbons (Fsp3) is 0.636. The number of anilines is 1. The summed E-state index contributed by atoms with van der Waals surface area (Å²) < 4.78 is 0. The third-order valence-electron chi connectivity index (χ3n) is 2.97. The first-order valence-electron chi connectivity index (χ1n) is 5.62. The number of piperidine rings is 1. The van der Waals surface area contributed by atoms with Gasteiger partial charge in [0.1, 0.15) is 5.82 Å². The molecule has 1 N–H and O–H groups in total. The minimum absolute atomic E-state index is 0.335. The van der Waals surface area contributed by atoms with E-state index in [0.717, 1.165) is 24.6 Å². The minimum Gasteiger partial charge on any atom is -0.355 e. The molecule has 1 fully saturated rings. The average molecular weight is 241 g/mol. The molecule has 1 aromatic heterocycles. The lowest BCUT2D eigenvalue weighted by Crippen LogP contribution is -2.44. The highest BCUT2D eigenvalue weighted by molar-refractivity contribution is 6.28. The Morgan fingerprint density at radius 2 is 2.31 bits per heavy atom. The van der Waals surface area contributed by atoms with Crippen molar-refractivity contribution < 1.29 is 0 Å². The summed E-state index contributed by atoms with van der Waals surface area (Å²) in [6.45, 7) is 3.98. The van der Waals surface area contributed by atoms with Gasteiger partial charge >= 0.3 is 0 Å². The Labute approximate surface area is 101 Å². The van der Waals surface area contributed by atoms with Crippen molar-refractivity contribution in [1.29, 1.82) is 0 Å². The lowest BCUT2D eigenvalue weighted by molar-refractivity contribution is 0.447. The number of aryl methyl sites for hydroxylation is 1. The minimum atomic E-state index is 0.335. The SMILES string of the molecule is CN[C@H]1CCCN(c2cc(C)nc(Cl)n2)C1. The van der Waals surface area contributed by atoms with Crippen molar-refractivity contribution in [2.24, 2.45) is 0 Å². The van der Waals surface area contributed by atoms with E-state index in [9.17, 15) is 0 Å². The molecule has 0 spiro atoms. The smallest absolute Gasteiger partial charge is 0.224 e. The molecule has 2 heterocycles. The predicted molar refractivity (Wildman–Crippen MR) is 66.1 cm³/mol. The molecule has 1 aromatic rings. The number of halogens is 1. The molecule has 0 saturated carbocycles. The van der Waals surface area contributed by atoms with Crippen LogP contribution >= 0.6 is 11.6 Å². The number of aromatic nitrogens is 2. The second kappa shape index (κ2) is 4.97. The second-order valence-electron chi connectivity index (χ2n) is 4.21. The molecule has 1 saturated heterocycles. The van der Waals surface area contributed by atoms with Gasteiger partial charge < -0.3 is 10.2 Å². The summed E-state index contributed by atoms with van der Waals surface area (Å²) in [6, 6.07) is 2.53. The van der Waals surface area contributed by atoms with Crippen LogP contribution in [0.5, 0.6) is 0 Å². The van der Waals surface area contributed by atoms with Crippen molar-refractivity contribution in [2.45, 2.75) is 25.8 Å². The van der Waals surface area contributed by atoms with E-state index in [4.69, 9.17) is 11.6 Å². The van der Waals surface area contributed by atoms with Crippen LogP contribution in [0.25, 0.3) is 0 Å². The van der Waals surface area contributed by atoms with E-state index in [0.29, 0.717) is 11.3 Å². The van der Waals surface area contributed by atoms with Crippen molar-refractivity contribution >= 4 is 17.4 Å². The van der Waals surface area contributed by atoms with Crippen molar-refractivity contribution in [3.8, 4) is 0 Å². The molecular formula is C11H17ClN4. The quantitative estimate of drug-likeness (QED) is 0.798. The van der Waals surface area contributed by atoms with Crippen LogP contribution < -0.4 is 10.2 Å².